The van der Waals surface area contributed by atoms with E-state index >= 15 is 0 Å². The summed E-state index contributed by atoms with van der Waals surface area (Å²) >= 11 is 0. The highest BCUT2D eigenvalue weighted by atomic mass is 31.2. The normalized spacial score (nSPS) is 13.2. The zero-order chi connectivity index (χ0) is 14.6. The van der Waals surface area contributed by atoms with Gasteiger partial charge in [0.05, 0.1) is 0 Å². The molecular formula is C14H33O3P. The monoisotopic (exact) mass is 280 g/mol. The van der Waals surface area contributed by atoms with Gasteiger partial charge in [0, 0.05) is 0 Å². The Morgan fingerprint density at radius 1 is 0.889 bits per heavy atom. The van der Waals surface area contributed by atoms with E-state index in [-0.39, 0.29) is 0 Å². The van der Waals surface area contributed by atoms with Crippen LogP contribution in [0.5, 0.6) is 0 Å². The maximum absolute atomic E-state index is 7.23. The molecule has 0 fully saturated rings. The lowest BCUT2D eigenvalue weighted by Crippen LogP contribution is -2.16. The van der Waals surface area contributed by atoms with E-state index in [2.05, 4.69) is 34.6 Å². The van der Waals surface area contributed by atoms with Crippen LogP contribution in [0.25, 0.3) is 0 Å². The van der Waals surface area contributed by atoms with E-state index in [0.29, 0.717) is 5.41 Å². The summed E-state index contributed by atoms with van der Waals surface area (Å²) in [6.45, 7) is 11.7. The quantitative estimate of drug-likeness (QED) is 0.471. The summed E-state index contributed by atoms with van der Waals surface area (Å²) in [5.74, 6) is 0.869. The summed E-state index contributed by atoms with van der Waals surface area (Å²) in [5, 5.41) is 0. The molecule has 0 saturated heterocycles. The van der Waals surface area contributed by atoms with Gasteiger partial charge in [-0.2, -0.15) is 0 Å². The third-order valence-electron chi connectivity index (χ3n) is 3.47. The molecule has 1 unspecified atom stereocenters. The first-order chi connectivity index (χ1) is 8.21. The maximum atomic E-state index is 7.23. The molecule has 0 aromatic rings. The number of unbranched alkanes of at least 4 members (excludes halogenated alkanes) is 5. The molecule has 0 rings (SSSR count). The van der Waals surface area contributed by atoms with E-state index in [4.69, 9.17) is 14.7 Å². The fraction of sp³-hybridized carbons (Fsp3) is 1.00. The van der Waals surface area contributed by atoms with E-state index in [1.807, 2.05) is 0 Å². The molecule has 0 aliphatic heterocycles. The molecule has 3 nitrogen and oxygen atoms in total. The van der Waals surface area contributed by atoms with Crippen molar-refractivity contribution in [3.8, 4) is 0 Å². The number of rotatable bonds is 7. The summed E-state index contributed by atoms with van der Waals surface area (Å²) in [6.07, 6.45) is 9.97. The van der Waals surface area contributed by atoms with Crippen molar-refractivity contribution < 1.29 is 14.7 Å². The van der Waals surface area contributed by atoms with Gasteiger partial charge in [-0.1, -0.05) is 79.6 Å². The molecule has 1 atom stereocenters. The molecule has 0 bridgehead atoms. The van der Waals surface area contributed by atoms with Gasteiger partial charge in [-0.05, 0) is 11.3 Å². The van der Waals surface area contributed by atoms with Crippen LogP contribution in [0, 0.1) is 11.3 Å². The van der Waals surface area contributed by atoms with Crippen LogP contribution >= 0.6 is 8.60 Å². The van der Waals surface area contributed by atoms with E-state index in [1.54, 1.807) is 0 Å². The molecule has 3 N–H and O–H groups in total. The van der Waals surface area contributed by atoms with E-state index in [9.17, 15) is 0 Å². The molecular weight excluding hydrogens is 247 g/mol. The summed E-state index contributed by atoms with van der Waals surface area (Å²) < 4.78 is 0. The smallest absolute Gasteiger partial charge is 0.324 e. The zero-order valence-electron chi connectivity index (χ0n) is 12.8. The van der Waals surface area contributed by atoms with Crippen LogP contribution in [0.3, 0.4) is 0 Å². The van der Waals surface area contributed by atoms with Gasteiger partial charge in [0.1, 0.15) is 0 Å². The second-order valence-corrected chi connectivity index (χ2v) is 6.63. The molecule has 0 spiro atoms. The average molecular weight is 280 g/mol. The van der Waals surface area contributed by atoms with Gasteiger partial charge in [-0.25, -0.2) is 0 Å². The average Bonchev–Trinajstić information content (AvgIpc) is 2.20. The first-order valence-corrected chi connectivity index (χ1v) is 8.28. The molecule has 4 heteroatoms. The van der Waals surface area contributed by atoms with Crippen molar-refractivity contribution in [1.29, 1.82) is 0 Å². The Labute approximate surface area is 115 Å². The standard InChI is InChI=1S/C14H30.H3O3P/c1-6-7-8-9-10-11-12-13(2)14(3,4)5;1-4(2)3/h13H,6-12H2,1-5H3;1-3H. The molecule has 0 heterocycles. The van der Waals surface area contributed by atoms with E-state index in [0.717, 1.165) is 5.92 Å². The third kappa shape index (κ3) is 18.7. The largest absolute Gasteiger partial charge is 0.328 e. The van der Waals surface area contributed by atoms with Crippen molar-refractivity contribution in [3.63, 3.8) is 0 Å². The van der Waals surface area contributed by atoms with E-state index in [1.165, 1.54) is 44.9 Å². The predicted molar refractivity (Wildman–Crippen MR) is 80.2 cm³/mol. The Kier molecular flexibility index (Phi) is 14.1. The Bertz CT molecular complexity index is 164. The molecule has 0 amide bonds. The Morgan fingerprint density at radius 2 is 1.28 bits per heavy atom. The SMILES string of the molecule is CCCCCCCCC(C)C(C)(C)C.OP(O)O. The molecule has 0 aliphatic carbocycles. The fourth-order valence-corrected chi connectivity index (χ4v) is 1.66. The summed E-state index contributed by atoms with van der Waals surface area (Å²) in [5.41, 5.74) is 0.503. The predicted octanol–water partition coefficient (Wildman–Crippen LogP) is 4.61. The first-order valence-electron chi connectivity index (χ1n) is 7.08. The minimum atomic E-state index is -2.62. The van der Waals surface area contributed by atoms with Crippen LogP contribution < -0.4 is 0 Å². The minimum Gasteiger partial charge on any atom is -0.328 e. The second kappa shape index (κ2) is 12.3. The Morgan fingerprint density at radius 3 is 1.67 bits per heavy atom. The molecule has 0 aliphatic rings. The minimum absolute atomic E-state index is 0.503. The number of hydrogen-bond acceptors (Lipinski definition) is 3. The van der Waals surface area contributed by atoms with Crippen LogP contribution in [-0.2, 0) is 0 Å². The molecule has 0 aromatic carbocycles. The zero-order valence-corrected chi connectivity index (χ0v) is 13.7. The first kappa shape index (κ1) is 20.6. The lowest BCUT2D eigenvalue weighted by atomic mass is 9.79. The van der Waals surface area contributed by atoms with Crippen molar-refractivity contribution in [2.24, 2.45) is 11.3 Å². The van der Waals surface area contributed by atoms with Crippen LogP contribution in [0.15, 0.2) is 0 Å². The highest BCUT2D eigenvalue weighted by Gasteiger charge is 2.18. The lowest BCUT2D eigenvalue weighted by Gasteiger charge is -2.27. The molecule has 18 heavy (non-hydrogen) atoms. The molecule has 112 valence electrons. The van der Waals surface area contributed by atoms with Gasteiger partial charge in [0.2, 0.25) is 0 Å². The molecule has 0 aromatic heterocycles. The van der Waals surface area contributed by atoms with Crippen molar-refractivity contribution in [1.82, 2.24) is 0 Å². The maximum Gasteiger partial charge on any atom is 0.324 e. The van der Waals surface area contributed by atoms with Crippen LogP contribution in [0.2, 0.25) is 0 Å². The van der Waals surface area contributed by atoms with Gasteiger partial charge >= 0.3 is 8.60 Å². The van der Waals surface area contributed by atoms with E-state index < -0.39 is 8.60 Å². The van der Waals surface area contributed by atoms with Crippen LogP contribution in [-0.4, -0.2) is 14.7 Å². The van der Waals surface area contributed by atoms with Gasteiger partial charge in [-0.3, -0.25) is 0 Å². The number of hydrogen-bond donors (Lipinski definition) is 3. The van der Waals surface area contributed by atoms with Gasteiger partial charge in [0.25, 0.3) is 0 Å². The van der Waals surface area contributed by atoms with Gasteiger partial charge in [0.15, 0.2) is 0 Å². The topological polar surface area (TPSA) is 60.7 Å². The highest BCUT2D eigenvalue weighted by Crippen LogP contribution is 2.29. The van der Waals surface area contributed by atoms with Crippen molar-refractivity contribution in [2.45, 2.75) is 79.6 Å². The molecule has 0 saturated carbocycles. The summed E-state index contributed by atoms with van der Waals surface area (Å²) in [4.78, 5) is 21.7. The fourth-order valence-electron chi connectivity index (χ4n) is 1.66. The Balaban J connectivity index is 0. The van der Waals surface area contributed by atoms with Gasteiger partial charge in [-0.15, -0.1) is 0 Å². The van der Waals surface area contributed by atoms with Crippen molar-refractivity contribution in [2.75, 3.05) is 0 Å². The van der Waals surface area contributed by atoms with Crippen LogP contribution in [0.1, 0.15) is 79.6 Å². The van der Waals surface area contributed by atoms with Gasteiger partial charge < -0.3 is 14.7 Å². The summed E-state index contributed by atoms with van der Waals surface area (Å²) in [6, 6.07) is 0. The molecule has 0 radical (unpaired) electrons. The third-order valence-corrected chi connectivity index (χ3v) is 3.47. The van der Waals surface area contributed by atoms with Crippen molar-refractivity contribution >= 4 is 8.60 Å². The lowest BCUT2D eigenvalue weighted by molar-refractivity contribution is 0.240. The highest BCUT2D eigenvalue weighted by molar-refractivity contribution is 7.38. The second-order valence-electron chi connectivity index (χ2n) is 6.09. The Hall–Kier alpha value is 0.310. The summed E-state index contributed by atoms with van der Waals surface area (Å²) in [7, 11) is -2.62. The van der Waals surface area contributed by atoms with Crippen LogP contribution in [0.4, 0.5) is 0 Å². The van der Waals surface area contributed by atoms with Crippen molar-refractivity contribution in [3.05, 3.63) is 0 Å².